The highest BCUT2D eigenvalue weighted by atomic mass is 15.4. The third-order valence-corrected chi connectivity index (χ3v) is 3.67. The van der Waals surface area contributed by atoms with Crippen LogP contribution < -0.4 is 5.32 Å². The molecule has 1 unspecified atom stereocenters. The van der Waals surface area contributed by atoms with E-state index >= 15 is 0 Å². The summed E-state index contributed by atoms with van der Waals surface area (Å²) < 4.78 is 4.11. The SMILES string of the molecule is CCCc1cc2n(n1)C(c1cnn(CC)c1)CCN2. The number of hydrogen-bond donors (Lipinski definition) is 1. The number of aryl methyl sites for hydroxylation is 2. The van der Waals surface area contributed by atoms with Gasteiger partial charge in [-0.1, -0.05) is 13.3 Å². The van der Waals surface area contributed by atoms with Gasteiger partial charge in [-0.3, -0.25) is 4.68 Å². The molecule has 2 aromatic rings. The third kappa shape index (κ3) is 2.25. The maximum absolute atomic E-state index is 4.75. The van der Waals surface area contributed by atoms with Crippen molar-refractivity contribution in [1.82, 2.24) is 19.6 Å². The minimum Gasteiger partial charge on any atom is -0.370 e. The standard InChI is InChI=1S/C14H21N5/c1-3-5-12-8-14-15-7-6-13(19(14)17-12)11-9-16-18(4-2)10-11/h8-10,13,15H,3-7H2,1-2H3. The van der Waals surface area contributed by atoms with Gasteiger partial charge in [0.25, 0.3) is 0 Å². The van der Waals surface area contributed by atoms with E-state index in [0.29, 0.717) is 6.04 Å². The second kappa shape index (κ2) is 5.07. The summed E-state index contributed by atoms with van der Waals surface area (Å²) in [5.74, 6) is 1.14. The van der Waals surface area contributed by atoms with E-state index in [9.17, 15) is 0 Å². The van der Waals surface area contributed by atoms with Crippen molar-refractivity contribution in [3.05, 3.63) is 29.7 Å². The predicted octanol–water partition coefficient (Wildman–Crippen LogP) is 2.46. The topological polar surface area (TPSA) is 47.7 Å². The quantitative estimate of drug-likeness (QED) is 0.917. The fraction of sp³-hybridized carbons (Fsp3) is 0.571. The van der Waals surface area contributed by atoms with Gasteiger partial charge in [0.15, 0.2) is 0 Å². The molecule has 0 aliphatic carbocycles. The molecule has 0 saturated heterocycles. The highest BCUT2D eigenvalue weighted by Crippen LogP contribution is 2.29. The van der Waals surface area contributed by atoms with Crippen molar-refractivity contribution in [1.29, 1.82) is 0 Å². The number of fused-ring (bicyclic) bond motifs is 1. The van der Waals surface area contributed by atoms with Crippen molar-refractivity contribution >= 4 is 5.82 Å². The Balaban J connectivity index is 1.92. The molecule has 3 heterocycles. The molecule has 5 heteroatoms. The molecule has 102 valence electrons. The van der Waals surface area contributed by atoms with Gasteiger partial charge in [0, 0.05) is 30.9 Å². The average Bonchev–Trinajstić information content (AvgIpc) is 3.04. The van der Waals surface area contributed by atoms with Gasteiger partial charge in [-0.15, -0.1) is 0 Å². The smallest absolute Gasteiger partial charge is 0.125 e. The van der Waals surface area contributed by atoms with E-state index in [0.717, 1.165) is 38.2 Å². The molecule has 0 fully saturated rings. The molecule has 0 spiro atoms. The molecule has 0 saturated carbocycles. The Morgan fingerprint density at radius 3 is 3.05 bits per heavy atom. The van der Waals surface area contributed by atoms with Crippen LogP contribution in [-0.4, -0.2) is 26.1 Å². The summed E-state index contributed by atoms with van der Waals surface area (Å²) >= 11 is 0. The lowest BCUT2D eigenvalue weighted by atomic mass is 10.1. The first-order chi connectivity index (χ1) is 9.31. The van der Waals surface area contributed by atoms with E-state index in [-0.39, 0.29) is 0 Å². The molecule has 0 bridgehead atoms. The summed E-state index contributed by atoms with van der Waals surface area (Å²) in [7, 11) is 0. The second-order valence-electron chi connectivity index (χ2n) is 5.08. The summed E-state index contributed by atoms with van der Waals surface area (Å²) in [6.45, 7) is 6.21. The molecular formula is C14H21N5. The van der Waals surface area contributed by atoms with Crippen LogP contribution in [0.15, 0.2) is 18.5 Å². The van der Waals surface area contributed by atoms with Gasteiger partial charge in [-0.2, -0.15) is 10.2 Å². The minimum absolute atomic E-state index is 0.321. The third-order valence-electron chi connectivity index (χ3n) is 3.67. The molecule has 1 aliphatic rings. The van der Waals surface area contributed by atoms with E-state index in [1.807, 2.05) is 10.9 Å². The molecule has 1 atom stereocenters. The zero-order chi connectivity index (χ0) is 13.2. The van der Waals surface area contributed by atoms with Crippen LogP contribution in [0.25, 0.3) is 0 Å². The Morgan fingerprint density at radius 2 is 2.32 bits per heavy atom. The first kappa shape index (κ1) is 12.3. The number of hydrogen-bond acceptors (Lipinski definition) is 3. The van der Waals surface area contributed by atoms with Gasteiger partial charge in [0.05, 0.1) is 17.9 Å². The zero-order valence-corrected chi connectivity index (χ0v) is 11.6. The molecule has 2 aromatic heterocycles. The lowest BCUT2D eigenvalue weighted by Gasteiger charge is -2.24. The molecule has 1 aliphatic heterocycles. The average molecular weight is 259 g/mol. The van der Waals surface area contributed by atoms with Crippen LogP contribution in [0, 0.1) is 0 Å². The minimum atomic E-state index is 0.321. The molecule has 0 aromatic carbocycles. The van der Waals surface area contributed by atoms with Crippen LogP contribution >= 0.6 is 0 Å². The van der Waals surface area contributed by atoms with Crippen LogP contribution in [0.5, 0.6) is 0 Å². The maximum Gasteiger partial charge on any atom is 0.125 e. The van der Waals surface area contributed by atoms with E-state index in [1.54, 1.807) is 0 Å². The van der Waals surface area contributed by atoms with Crippen LogP contribution in [0.1, 0.15) is 44.0 Å². The molecule has 0 radical (unpaired) electrons. The van der Waals surface area contributed by atoms with Crippen LogP contribution in [0.4, 0.5) is 5.82 Å². The summed E-state index contributed by atoms with van der Waals surface area (Å²) in [5.41, 5.74) is 2.44. The first-order valence-electron chi connectivity index (χ1n) is 7.16. The van der Waals surface area contributed by atoms with Crippen LogP contribution in [-0.2, 0) is 13.0 Å². The Bertz CT molecular complexity index is 554. The van der Waals surface area contributed by atoms with Crippen molar-refractivity contribution in [3.63, 3.8) is 0 Å². The summed E-state index contributed by atoms with van der Waals surface area (Å²) in [6, 6.07) is 2.50. The Morgan fingerprint density at radius 1 is 1.42 bits per heavy atom. The molecule has 3 rings (SSSR count). The molecular weight excluding hydrogens is 238 g/mol. The number of aromatic nitrogens is 4. The van der Waals surface area contributed by atoms with Gasteiger partial charge >= 0.3 is 0 Å². The summed E-state index contributed by atoms with van der Waals surface area (Å²) in [6.07, 6.45) is 7.36. The fourth-order valence-electron chi connectivity index (χ4n) is 2.68. The van der Waals surface area contributed by atoms with Crippen molar-refractivity contribution in [2.45, 2.75) is 45.7 Å². The van der Waals surface area contributed by atoms with Gasteiger partial charge < -0.3 is 5.32 Å². The molecule has 0 amide bonds. The van der Waals surface area contributed by atoms with Gasteiger partial charge in [-0.05, 0) is 19.8 Å². The molecule has 19 heavy (non-hydrogen) atoms. The van der Waals surface area contributed by atoms with E-state index in [1.165, 1.54) is 11.3 Å². The number of nitrogens with zero attached hydrogens (tertiary/aromatic N) is 4. The number of nitrogens with one attached hydrogen (secondary N) is 1. The van der Waals surface area contributed by atoms with E-state index < -0.39 is 0 Å². The first-order valence-corrected chi connectivity index (χ1v) is 7.16. The van der Waals surface area contributed by atoms with Crippen molar-refractivity contribution in [3.8, 4) is 0 Å². The largest absolute Gasteiger partial charge is 0.370 e. The van der Waals surface area contributed by atoms with Crippen molar-refractivity contribution < 1.29 is 0 Å². The van der Waals surface area contributed by atoms with Crippen molar-refractivity contribution in [2.75, 3.05) is 11.9 Å². The van der Waals surface area contributed by atoms with E-state index in [2.05, 4.69) is 41.2 Å². The lowest BCUT2D eigenvalue weighted by Crippen LogP contribution is -2.24. The molecule has 5 nitrogen and oxygen atoms in total. The Kier molecular flexibility index (Phi) is 3.27. The zero-order valence-electron chi connectivity index (χ0n) is 11.6. The highest BCUT2D eigenvalue weighted by Gasteiger charge is 2.23. The Labute approximate surface area is 113 Å². The summed E-state index contributed by atoms with van der Waals surface area (Å²) in [4.78, 5) is 0. The highest BCUT2D eigenvalue weighted by molar-refractivity contribution is 5.41. The number of rotatable bonds is 4. The Hall–Kier alpha value is -1.78. The van der Waals surface area contributed by atoms with Crippen molar-refractivity contribution in [2.24, 2.45) is 0 Å². The van der Waals surface area contributed by atoms with Gasteiger partial charge in [-0.25, -0.2) is 4.68 Å². The predicted molar refractivity (Wildman–Crippen MR) is 75.4 cm³/mol. The molecule has 1 N–H and O–H groups in total. The van der Waals surface area contributed by atoms with Crippen LogP contribution in [0.3, 0.4) is 0 Å². The number of anilines is 1. The normalized spacial score (nSPS) is 18.1. The van der Waals surface area contributed by atoms with Crippen LogP contribution in [0.2, 0.25) is 0 Å². The second-order valence-corrected chi connectivity index (χ2v) is 5.08. The summed E-state index contributed by atoms with van der Waals surface area (Å²) in [5, 5.41) is 12.6. The van der Waals surface area contributed by atoms with Gasteiger partial charge in [0.1, 0.15) is 5.82 Å². The van der Waals surface area contributed by atoms with Gasteiger partial charge in [0.2, 0.25) is 0 Å². The fourth-order valence-corrected chi connectivity index (χ4v) is 2.68. The van der Waals surface area contributed by atoms with E-state index in [4.69, 9.17) is 5.10 Å². The maximum atomic E-state index is 4.75. The lowest BCUT2D eigenvalue weighted by molar-refractivity contribution is 0.477. The monoisotopic (exact) mass is 259 g/mol.